The van der Waals surface area contributed by atoms with Crippen molar-refractivity contribution in [3.63, 3.8) is 0 Å². The van der Waals surface area contributed by atoms with Crippen molar-refractivity contribution in [2.45, 2.75) is 13.3 Å². The maximum atomic E-state index is 12.5. The number of carbonyl (C=O) groups excluding carboxylic acids is 1. The van der Waals surface area contributed by atoms with Gasteiger partial charge in [-0.3, -0.25) is 4.79 Å². The summed E-state index contributed by atoms with van der Waals surface area (Å²) in [6, 6.07) is 7.10. The molecule has 0 bridgehead atoms. The maximum Gasteiger partial charge on any atom is 0.254 e. The molecule has 1 aliphatic rings. The molecule has 0 aliphatic carbocycles. The highest BCUT2D eigenvalue weighted by molar-refractivity contribution is 7.09. The highest BCUT2D eigenvalue weighted by atomic mass is 35.5. The minimum absolute atomic E-state index is 0.0358. The Morgan fingerprint density at radius 3 is 2.73 bits per heavy atom. The molecule has 1 fully saturated rings. The number of benzene rings is 1. The van der Waals surface area contributed by atoms with Crippen molar-refractivity contribution in [3.05, 3.63) is 40.7 Å². The van der Waals surface area contributed by atoms with Crippen molar-refractivity contribution in [1.82, 2.24) is 14.3 Å². The first-order valence-electron chi connectivity index (χ1n) is 7.29. The first kappa shape index (κ1) is 15.2. The summed E-state index contributed by atoms with van der Waals surface area (Å²) in [6.07, 6.45) is 0.851. The first-order valence-corrected chi connectivity index (χ1v) is 8.45. The van der Waals surface area contributed by atoms with Crippen LogP contribution in [-0.4, -0.2) is 46.3 Å². The van der Waals surface area contributed by atoms with Gasteiger partial charge in [0.25, 0.3) is 5.91 Å². The highest BCUT2D eigenvalue weighted by Crippen LogP contribution is 2.20. The van der Waals surface area contributed by atoms with Crippen molar-refractivity contribution in [3.8, 4) is 0 Å². The van der Waals surface area contributed by atoms with Crippen LogP contribution in [0, 0.1) is 0 Å². The summed E-state index contributed by atoms with van der Waals surface area (Å²) in [6.45, 7) is 4.99. The molecule has 7 heteroatoms. The third kappa shape index (κ3) is 3.23. The van der Waals surface area contributed by atoms with Gasteiger partial charge in [0, 0.05) is 54.7 Å². The number of hydrogen-bond acceptors (Lipinski definition) is 5. The quantitative estimate of drug-likeness (QED) is 0.864. The van der Waals surface area contributed by atoms with Gasteiger partial charge in [0.15, 0.2) is 0 Å². The van der Waals surface area contributed by atoms with Crippen molar-refractivity contribution in [2.75, 3.05) is 31.1 Å². The molecular weight excluding hydrogens is 320 g/mol. The number of halogens is 1. The molecule has 2 heterocycles. The van der Waals surface area contributed by atoms with Gasteiger partial charge in [-0.2, -0.15) is 4.37 Å². The molecule has 5 nitrogen and oxygen atoms in total. The lowest BCUT2D eigenvalue weighted by molar-refractivity contribution is 0.0747. The predicted octanol–water partition coefficient (Wildman–Crippen LogP) is 2.72. The van der Waals surface area contributed by atoms with E-state index in [4.69, 9.17) is 11.6 Å². The minimum Gasteiger partial charge on any atom is -0.343 e. The average Bonchev–Trinajstić information content (AvgIpc) is 3.03. The lowest BCUT2D eigenvalue weighted by Crippen LogP contribution is -2.48. The summed E-state index contributed by atoms with van der Waals surface area (Å²) < 4.78 is 4.31. The van der Waals surface area contributed by atoms with Crippen LogP contribution in [0.15, 0.2) is 24.3 Å². The van der Waals surface area contributed by atoms with Gasteiger partial charge in [-0.15, -0.1) is 0 Å². The second-order valence-corrected chi connectivity index (χ2v) is 6.30. The fraction of sp³-hybridized carbons (Fsp3) is 0.400. The third-order valence-corrected chi connectivity index (χ3v) is 4.73. The zero-order chi connectivity index (χ0) is 15.5. The van der Waals surface area contributed by atoms with Gasteiger partial charge in [-0.05, 0) is 18.2 Å². The molecule has 0 radical (unpaired) electrons. The van der Waals surface area contributed by atoms with Gasteiger partial charge >= 0.3 is 0 Å². The monoisotopic (exact) mass is 336 g/mol. The van der Waals surface area contributed by atoms with Crippen LogP contribution in [0.2, 0.25) is 5.02 Å². The van der Waals surface area contributed by atoms with E-state index in [1.165, 1.54) is 11.5 Å². The Morgan fingerprint density at radius 2 is 2.09 bits per heavy atom. The Bertz CT molecular complexity index is 667. The molecule has 0 saturated carbocycles. The lowest BCUT2D eigenvalue weighted by atomic mass is 10.2. The minimum atomic E-state index is 0.0358. The molecular formula is C15H17ClN4OS. The first-order chi connectivity index (χ1) is 10.7. The number of piperazine rings is 1. The van der Waals surface area contributed by atoms with Crippen LogP contribution in [0.4, 0.5) is 5.13 Å². The third-order valence-electron chi connectivity index (χ3n) is 3.68. The van der Waals surface area contributed by atoms with Gasteiger partial charge < -0.3 is 9.80 Å². The summed E-state index contributed by atoms with van der Waals surface area (Å²) in [4.78, 5) is 21.0. The maximum absolute atomic E-state index is 12.5. The van der Waals surface area contributed by atoms with Crippen molar-refractivity contribution in [2.24, 2.45) is 0 Å². The van der Waals surface area contributed by atoms with Crippen LogP contribution in [0.25, 0.3) is 0 Å². The Balaban J connectivity index is 1.62. The smallest absolute Gasteiger partial charge is 0.254 e. The Hall–Kier alpha value is -1.66. The molecule has 1 aromatic heterocycles. The molecule has 0 N–H and O–H groups in total. The molecule has 0 unspecified atom stereocenters. The summed E-state index contributed by atoms with van der Waals surface area (Å²) in [5.74, 6) is 0.922. The number of aromatic nitrogens is 2. The van der Waals surface area contributed by atoms with E-state index in [0.29, 0.717) is 23.7 Å². The van der Waals surface area contributed by atoms with Crippen LogP contribution in [-0.2, 0) is 6.42 Å². The second kappa shape index (κ2) is 6.62. The Morgan fingerprint density at radius 1 is 1.32 bits per heavy atom. The molecule has 3 rings (SSSR count). The Kier molecular flexibility index (Phi) is 4.59. The number of hydrogen-bond donors (Lipinski definition) is 0. The van der Waals surface area contributed by atoms with E-state index < -0.39 is 0 Å². The second-order valence-electron chi connectivity index (χ2n) is 5.14. The van der Waals surface area contributed by atoms with Crippen LogP contribution < -0.4 is 4.90 Å². The van der Waals surface area contributed by atoms with E-state index in [1.807, 2.05) is 11.8 Å². The normalized spacial score (nSPS) is 15.2. The molecule has 1 aliphatic heterocycles. The van der Waals surface area contributed by atoms with E-state index in [1.54, 1.807) is 24.3 Å². The predicted molar refractivity (Wildman–Crippen MR) is 88.9 cm³/mol. The van der Waals surface area contributed by atoms with Gasteiger partial charge in [0.05, 0.1) is 0 Å². The molecule has 2 aromatic rings. The topological polar surface area (TPSA) is 49.3 Å². The van der Waals surface area contributed by atoms with Crippen LogP contribution in [0.5, 0.6) is 0 Å². The van der Waals surface area contributed by atoms with Crippen molar-refractivity contribution >= 4 is 34.2 Å². The Labute approximate surface area is 138 Å². The zero-order valence-electron chi connectivity index (χ0n) is 12.3. The van der Waals surface area contributed by atoms with Crippen molar-refractivity contribution in [1.29, 1.82) is 0 Å². The van der Waals surface area contributed by atoms with Crippen LogP contribution in [0.3, 0.4) is 0 Å². The largest absolute Gasteiger partial charge is 0.343 e. The summed E-state index contributed by atoms with van der Waals surface area (Å²) in [5.41, 5.74) is 0.644. The molecule has 1 saturated heterocycles. The standard InChI is InChI=1S/C15H17ClN4OS/c1-2-13-17-15(22-18-13)20-8-6-19(7-9-20)14(21)11-4-3-5-12(16)10-11/h3-5,10H,2,6-9H2,1H3. The summed E-state index contributed by atoms with van der Waals surface area (Å²) in [7, 11) is 0. The van der Waals surface area contributed by atoms with Gasteiger partial charge in [-0.25, -0.2) is 4.98 Å². The number of rotatable bonds is 3. The van der Waals surface area contributed by atoms with E-state index in [2.05, 4.69) is 14.3 Å². The van der Waals surface area contributed by atoms with Crippen LogP contribution >= 0.6 is 23.1 Å². The molecule has 1 aromatic carbocycles. The highest BCUT2D eigenvalue weighted by Gasteiger charge is 2.24. The van der Waals surface area contributed by atoms with Gasteiger partial charge in [0.1, 0.15) is 5.82 Å². The van der Waals surface area contributed by atoms with E-state index >= 15 is 0 Å². The molecule has 1 amide bonds. The summed E-state index contributed by atoms with van der Waals surface area (Å²) in [5, 5.41) is 1.54. The SMILES string of the molecule is CCc1nsc(N2CCN(C(=O)c3cccc(Cl)c3)CC2)n1. The van der Waals surface area contributed by atoms with E-state index in [9.17, 15) is 4.79 Å². The number of nitrogens with zero attached hydrogens (tertiary/aromatic N) is 4. The van der Waals surface area contributed by atoms with Crippen LogP contribution in [0.1, 0.15) is 23.1 Å². The van der Waals surface area contributed by atoms with Gasteiger partial charge in [-0.1, -0.05) is 24.6 Å². The number of amides is 1. The number of aryl methyl sites for hydroxylation is 1. The summed E-state index contributed by atoms with van der Waals surface area (Å²) >= 11 is 7.39. The fourth-order valence-electron chi connectivity index (χ4n) is 2.42. The molecule has 116 valence electrons. The molecule has 0 spiro atoms. The van der Waals surface area contributed by atoms with E-state index in [0.717, 1.165) is 30.5 Å². The number of carbonyl (C=O) groups is 1. The van der Waals surface area contributed by atoms with E-state index in [-0.39, 0.29) is 5.91 Å². The number of anilines is 1. The fourth-order valence-corrected chi connectivity index (χ4v) is 3.41. The lowest BCUT2D eigenvalue weighted by Gasteiger charge is -2.34. The zero-order valence-corrected chi connectivity index (χ0v) is 13.9. The molecule has 0 atom stereocenters. The average molecular weight is 337 g/mol. The van der Waals surface area contributed by atoms with Crippen molar-refractivity contribution < 1.29 is 4.79 Å². The van der Waals surface area contributed by atoms with Gasteiger partial charge in [0.2, 0.25) is 5.13 Å². The molecule has 22 heavy (non-hydrogen) atoms.